The first-order valence-electron chi connectivity index (χ1n) is 8.01. The third kappa shape index (κ3) is 4.83. The number of halogens is 1. The lowest BCUT2D eigenvalue weighted by Crippen LogP contribution is -2.21. The number of amides is 1. The normalized spacial score (nSPS) is 10.5. The molecule has 0 saturated carbocycles. The van der Waals surface area contributed by atoms with E-state index >= 15 is 0 Å². The summed E-state index contributed by atoms with van der Waals surface area (Å²) in [4.78, 5) is 24.2. The molecule has 8 heteroatoms. The number of hydrogen-bond acceptors (Lipinski definition) is 5. The SMILES string of the molecule is Cc1nn(CC(C)C)c(Cl)c1C(=O)OCC(=O)Nc1ccc(C#N)cc1. The number of carbonyl (C=O) groups is 2. The lowest BCUT2D eigenvalue weighted by Gasteiger charge is -2.07. The Labute approximate surface area is 156 Å². The number of nitrogens with zero attached hydrogens (tertiary/aromatic N) is 3. The fourth-order valence-corrected chi connectivity index (χ4v) is 2.60. The molecule has 0 atom stereocenters. The summed E-state index contributed by atoms with van der Waals surface area (Å²) in [6, 6.07) is 8.33. The number of ether oxygens (including phenoxy) is 1. The summed E-state index contributed by atoms with van der Waals surface area (Å²) in [5.74, 6) is -0.877. The van der Waals surface area contributed by atoms with Crippen molar-refractivity contribution in [2.24, 2.45) is 5.92 Å². The number of benzene rings is 1. The molecule has 0 fully saturated rings. The predicted molar refractivity (Wildman–Crippen MR) is 96.9 cm³/mol. The highest BCUT2D eigenvalue weighted by Gasteiger charge is 2.22. The first-order valence-corrected chi connectivity index (χ1v) is 8.39. The van der Waals surface area contributed by atoms with Gasteiger partial charge < -0.3 is 10.1 Å². The number of nitriles is 1. The van der Waals surface area contributed by atoms with Gasteiger partial charge in [-0.3, -0.25) is 9.48 Å². The second-order valence-electron chi connectivity index (χ2n) is 6.14. The zero-order chi connectivity index (χ0) is 19.3. The second-order valence-corrected chi connectivity index (χ2v) is 6.50. The number of aromatic nitrogens is 2. The van der Waals surface area contributed by atoms with Gasteiger partial charge in [0.15, 0.2) is 6.61 Å². The van der Waals surface area contributed by atoms with Gasteiger partial charge in [0, 0.05) is 12.2 Å². The first kappa shape index (κ1) is 19.5. The molecular weight excluding hydrogens is 356 g/mol. The summed E-state index contributed by atoms with van der Waals surface area (Å²) in [6.07, 6.45) is 0. The maximum absolute atomic E-state index is 12.2. The van der Waals surface area contributed by atoms with E-state index in [2.05, 4.69) is 10.4 Å². The highest BCUT2D eigenvalue weighted by atomic mass is 35.5. The van der Waals surface area contributed by atoms with Crippen molar-refractivity contribution >= 4 is 29.2 Å². The lowest BCUT2D eigenvalue weighted by molar-refractivity contribution is -0.119. The second kappa shape index (κ2) is 8.50. The Morgan fingerprint density at radius 3 is 2.58 bits per heavy atom. The Bertz CT molecular complexity index is 851. The Kier molecular flexibility index (Phi) is 6.36. The van der Waals surface area contributed by atoms with E-state index in [9.17, 15) is 9.59 Å². The van der Waals surface area contributed by atoms with Gasteiger partial charge in [-0.2, -0.15) is 10.4 Å². The molecule has 0 radical (unpaired) electrons. The Morgan fingerprint density at radius 1 is 1.35 bits per heavy atom. The number of anilines is 1. The minimum atomic E-state index is -0.697. The van der Waals surface area contributed by atoms with Crippen LogP contribution >= 0.6 is 11.6 Å². The molecule has 1 aromatic carbocycles. The van der Waals surface area contributed by atoms with Crippen molar-refractivity contribution in [1.29, 1.82) is 5.26 Å². The van der Waals surface area contributed by atoms with E-state index in [0.29, 0.717) is 29.4 Å². The van der Waals surface area contributed by atoms with Gasteiger partial charge in [-0.15, -0.1) is 0 Å². The molecule has 0 spiro atoms. The molecule has 1 N–H and O–H groups in total. The summed E-state index contributed by atoms with van der Waals surface area (Å²) in [5.41, 5.74) is 1.61. The molecule has 2 aromatic rings. The van der Waals surface area contributed by atoms with Crippen molar-refractivity contribution in [1.82, 2.24) is 9.78 Å². The minimum absolute atomic E-state index is 0.165. The van der Waals surface area contributed by atoms with Crippen LogP contribution in [0.1, 0.15) is 35.5 Å². The van der Waals surface area contributed by atoms with Crippen LogP contribution in [0.2, 0.25) is 5.15 Å². The van der Waals surface area contributed by atoms with Crippen LogP contribution in [0.5, 0.6) is 0 Å². The van der Waals surface area contributed by atoms with Crippen molar-refractivity contribution in [2.45, 2.75) is 27.3 Å². The summed E-state index contributed by atoms with van der Waals surface area (Å²) >= 11 is 6.21. The van der Waals surface area contributed by atoms with E-state index in [1.165, 1.54) is 0 Å². The molecule has 0 bridgehead atoms. The van der Waals surface area contributed by atoms with Gasteiger partial charge in [-0.1, -0.05) is 25.4 Å². The number of esters is 1. The molecule has 0 aliphatic heterocycles. The Balaban J connectivity index is 1.96. The maximum atomic E-state index is 12.2. The van der Waals surface area contributed by atoms with Crippen LogP contribution in [-0.4, -0.2) is 28.3 Å². The van der Waals surface area contributed by atoms with Crippen molar-refractivity contribution in [3.8, 4) is 6.07 Å². The quantitative estimate of drug-likeness (QED) is 0.783. The van der Waals surface area contributed by atoms with Gasteiger partial charge in [-0.25, -0.2) is 4.79 Å². The molecule has 0 saturated heterocycles. The van der Waals surface area contributed by atoms with Crippen molar-refractivity contribution in [3.63, 3.8) is 0 Å². The van der Waals surface area contributed by atoms with E-state index in [4.69, 9.17) is 21.6 Å². The third-order valence-corrected chi connectivity index (χ3v) is 3.82. The summed E-state index contributed by atoms with van der Waals surface area (Å²) < 4.78 is 6.60. The zero-order valence-corrected chi connectivity index (χ0v) is 15.5. The molecule has 1 amide bonds. The molecule has 136 valence electrons. The summed E-state index contributed by atoms with van der Waals surface area (Å²) in [7, 11) is 0. The molecule has 26 heavy (non-hydrogen) atoms. The van der Waals surface area contributed by atoms with Gasteiger partial charge in [-0.05, 0) is 37.1 Å². The van der Waals surface area contributed by atoms with Gasteiger partial charge >= 0.3 is 5.97 Å². The predicted octanol–water partition coefficient (Wildman–Crippen LogP) is 3.17. The standard InChI is InChI=1S/C18H19ClN4O3/c1-11(2)9-23-17(19)16(12(3)22-23)18(25)26-10-15(24)21-14-6-4-13(8-20)5-7-14/h4-7,11H,9-10H2,1-3H3,(H,21,24). The fraction of sp³-hybridized carbons (Fsp3) is 0.333. The number of carbonyl (C=O) groups excluding carboxylic acids is 2. The fourth-order valence-electron chi connectivity index (χ4n) is 2.28. The minimum Gasteiger partial charge on any atom is -0.452 e. The highest BCUT2D eigenvalue weighted by molar-refractivity contribution is 6.32. The third-order valence-electron chi connectivity index (χ3n) is 3.44. The van der Waals surface area contributed by atoms with Crippen LogP contribution in [0.15, 0.2) is 24.3 Å². The average molecular weight is 375 g/mol. The highest BCUT2D eigenvalue weighted by Crippen LogP contribution is 2.21. The molecule has 7 nitrogen and oxygen atoms in total. The van der Waals surface area contributed by atoms with Gasteiger partial charge in [0.25, 0.3) is 5.91 Å². The molecule has 0 aliphatic rings. The smallest absolute Gasteiger partial charge is 0.343 e. The largest absolute Gasteiger partial charge is 0.452 e. The lowest BCUT2D eigenvalue weighted by atomic mass is 10.2. The molecule has 2 rings (SSSR count). The Morgan fingerprint density at radius 2 is 2.00 bits per heavy atom. The van der Waals surface area contributed by atoms with Crippen LogP contribution in [0, 0.1) is 24.2 Å². The van der Waals surface area contributed by atoms with E-state index in [1.807, 2.05) is 19.9 Å². The van der Waals surface area contributed by atoms with Crippen molar-refractivity contribution in [2.75, 3.05) is 11.9 Å². The molecule has 1 heterocycles. The van der Waals surface area contributed by atoms with E-state index in [1.54, 1.807) is 35.9 Å². The van der Waals surface area contributed by atoms with Crippen LogP contribution in [0.4, 0.5) is 5.69 Å². The van der Waals surface area contributed by atoms with E-state index < -0.39 is 18.5 Å². The zero-order valence-electron chi connectivity index (χ0n) is 14.7. The molecule has 0 unspecified atom stereocenters. The van der Waals surface area contributed by atoms with Crippen LogP contribution in [0.25, 0.3) is 0 Å². The molecule has 0 aliphatic carbocycles. The van der Waals surface area contributed by atoms with Gasteiger partial charge in [0.05, 0.1) is 17.3 Å². The Hall–Kier alpha value is -2.85. The topological polar surface area (TPSA) is 97.0 Å². The number of hydrogen-bond donors (Lipinski definition) is 1. The van der Waals surface area contributed by atoms with Gasteiger partial charge in [0.2, 0.25) is 0 Å². The van der Waals surface area contributed by atoms with Crippen LogP contribution < -0.4 is 5.32 Å². The monoisotopic (exact) mass is 374 g/mol. The molecular formula is C18H19ClN4O3. The number of nitrogens with one attached hydrogen (secondary N) is 1. The van der Waals surface area contributed by atoms with Crippen LogP contribution in [-0.2, 0) is 16.1 Å². The summed E-state index contributed by atoms with van der Waals surface area (Å²) in [5, 5.41) is 15.8. The van der Waals surface area contributed by atoms with E-state index in [-0.39, 0.29) is 10.7 Å². The van der Waals surface area contributed by atoms with Crippen molar-refractivity contribution < 1.29 is 14.3 Å². The number of rotatable bonds is 6. The maximum Gasteiger partial charge on any atom is 0.343 e. The van der Waals surface area contributed by atoms with E-state index in [0.717, 1.165) is 0 Å². The number of aryl methyl sites for hydroxylation is 1. The molecule has 1 aromatic heterocycles. The van der Waals surface area contributed by atoms with Crippen LogP contribution in [0.3, 0.4) is 0 Å². The first-order chi connectivity index (χ1) is 12.3. The van der Waals surface area contributed by atoms with Gasteiger partial charge in [0.1, 0.15) is 10.7 Å². The summed E-state index contributed by atoms with van der Waals surface area (Å²) in [6.45, 7) is 5.81. The average Bonchev–Trinajstić information content (AvgIpc) is 2.86. The van der Waals surface area contributed by atoms with Crippen molar-refractivity contribution in [3.05, 3.63) is 46.2 Å².